The second kappa shape index (κ2) is 7.88. The van der Waals surface area contributed by atoms with E-state index in [1.54, 1.807) is 0 Å². The Morgan fingerprint density at radius 1 is 1.24 bits per heavy atom. The number of hydrogen-bond acceptors (Lipinski definition) is 2. The largest absolute Gasteiger partial charge is 0.312 e. The van der Waals surface area contributed by atoms with E-state index in [1.807, 2.05) is 11.3 Å². The number of hydrogen-bond donors (Lipinski definition) is 1. The van der Waals surface area contributed by atoms with Crippen LogP contribution in [0.5, 0.6) is 0 Å². The zero-order valence-corrected chi connectivity index (χ0v) is 12.6. The van der Waals surface area contributed by atoms with E-state index in [2.05, 4.69) is 45.3 Å². The average molecular weight is 253 g/mol. The minimum Gasteiger partial charge on any atom is -0.312 e. The quantitative estimate of drug-likeness (QED) is 0.702. The smallest absolute Gasteiger partial charge is 0.0440 e. The Morgan fingerprint density at radius 3 is 2.47 bits per heavy atom. The van der Waals surface area contributed by atoms with E-state index in [-0.39, 0.29) is 0 Å². The molecule has 1 heterocycles. The number of nitrogens with one attached hydrogen (secondary N) is 1. The summed E-state index contributed by atoms with van der Waals surface area (Å²) in [7, 11) is 2.10. The second-order valence-electron chi connectivity index (χ2n) is 4.73. The molecule has 0 saturated carbocycles. The van der Waals surface area contributed by atoms with Gasteiger partial charge in [0.2, 0.25) is 0 Å². The van der Waals surface area contributed by atoms with Gasteiger partial charge in [0.1, 0.15) is 0 Å². The summed E-state index contributed by atoms with van der Waals surface area (Å²) >= 11 is 1.98. The van der Waals surface area contributed by atoms with Gasteiger partial charge in [0.15, 0.2) is 0 Å². The molecule has 1 nitrogen and oxygen atoms in total. The topological polar surface area (TPSA) is 12.0 Å². The monoisotopic (exact) mass is 253 g/mol. The third kappa shape index (κ3) is 4.11. The molecular formula is C15H27NS. The van der Waals surface area contributed by atoms with Crippen LogP contribution >= 0.6 is 11.3 Å². The highest BCUT2D eigenvalue weighted by Crippen LogP contribution is 2.33. The first-order valence-corrected chi connectivity index (χ1v) is 7.84. The molecule has 1 aromatic rings. The molecule has 1 N–H and O–H groups in total. The summed E-state index contributed by atoms with van der Waals surface area (Å²) in [6.45, 7) is 6.83. The van der Waals surface area contributed by atoms with Crippen molar-refractivity contribution in [2.24, 2.45) is 5.92 Å². The lowest BCUT2D eigenvalue weighted by Gasteiger charge is -2.25. The van der Waals surface area contributed by atoms with Crippen molar-refractivity contribution < 1.29 is 0 Å². The predicted octanol–water partition coefficient (Wildman–Crippen LogP) is 4.79. The Kier molecular flexibility index (Phi) is 6.83. The predicted molar refractivity (Wildman–Crippen MR) is 78.8 cm³/mol. The first-order valence-electron chi connectivity index (χ1n) is 7.02. The summed E-state index contributed by atoms with van der Waals surface area (Å²) in [6.07, 6.45) is 6.43. The molecule has 0 aliphatic rings. The van der Waals surface area contributed by atoms with Crippen LogP contribution in [0.1, 0.15) is 62.3 Å². The highest BCUT2D eigenvalue weighted by atomic mass is 32.1. The van der Waals surface area contributed by atoms with Crippen molar-refractivity contribution in [1.82, 2.24) is 5.32 Å². The Bertz CT molecular complexity index is 306. The first kappa shape index (κ1) is 14.7. The minimum atomic E-state index is 0.553. The molecule has 1 rings (SSSR count). The summed E-state index contributed by atoms with van der Waals surface area (Å²) in [5, 5.41) is 3.53. The van der Waals surface area contributed by atoms with Gasteiger partial charge in [-0.15, -0.1) is 11.3 Å². The van der Waals surface area contributed by atoms with Crippen LogP contribution in [0.2, 0.25) is 0 Å². The molecule has 0 aliphatic heterocycles. The number of thiophene rings is 1. The number of rotatable bonds is 8. The Morgan fingerprint density at radius 2 is 2.00 bits per heavy atom. The molecule has 0 aliphatic carbocycles. The number of aryl methyl sites for hydroxylation is 1. The van der Waals surface area contributed by atoms with Crippen LogP contribution < -0.4 is 5.32 Å². The maximum Gasteiger partial charge on any atom is 0.0440 e. The Balaban J connectivity index is 2.73. The standard InChI is InChI=1S/C15H27NS/c1-5-8-9-12(6-2)15(16-4)14-11-10-13(7-3)17-14/h10-12,15-16H,5-9H2,1-4H3. The van der Waals surface area contributed by atoms with Gasteiger partial charge in [-0.2, -0.15) is 0 Å². The maximum absolute atomic E-state index is 3.53. The van der Waals surface area contributed by atoms with Crippen molar-refractivity contribution in [3.8, 4) is 0 Å². The van der Waals surface area contributed by atoms with Crippen molar-refractivity contribution in [3.63, 3.8) is 0 Å². The molecule has 0 spiro atoms. The van der Waals surface area contributed by atoms with E-state index in [1.165, 1.54) is 35.4 Å². The van der Waals surface area contributed by atoms with Crippen molar-refractivity contribution in [2.45, 2.75) is 58.9 Å². The summed E-state index contributed by atoms with van der Waals surface area (Å²) in [5.41, 5.74) is 0. The van der Waals surface area contributed by atoms with Crippen LogP contribution in [0.4, 0.5) is 0 Å². The molecule has 0 aromatic carbocycles. The molecule has 98 valence electrons. The maximum atomic E-state index is 3.53. The molecular weight excluding hydrogens is 226 g/mol. The van der Waals surface area contributed by atoms with Crippen LogP contribution in [-0.4, -0.2) is 7.05 Å². The van der Waals surface area contributed by atoms with Gasteiger partial charge in [-0.05, 0) is 37.9 Å². The summed E-state index contributed by atoms with van der Waals surface area (Å²) in [6, 6.07) is 5.16. The molecule has 0 amide bonds. The first-order chi connectivity index (χ1) is 8.26. The van der Waals surface area contributed by atoms with E-state index in [9.17, 15) is 0 Å². The van der Waals surface area contributed by atoms with E-state index >= 15 is 0 Å². The molecule has 2 atom stereocenters. The molecule has 1 aromatic heterocycles. The lowest BCUT2D eigenvalue weighted by molar-refractivity contribution is 0.343. The SMILES string of the molecule is CCCCC(CC)C(NC)c1ccc(CC)s1. The molecule has 0 radical (unpaired) electrons. The Labute approximate surface area is 111 Å². The lowest BCUT2D eigenvalue weighted by atomic mass is 9.90. The van der Waals surface area contributed by atoms with Gasteiger partial charge in [0.25, 0.3) is 0 Å². The van der Waals surface area contributed by atoms with Crippen molar-refractivity contribution in [3.05, 3.63) is 21.9 Å². The third-order valence-electron chi connectivity index (χ3n) is 3.57. The molecule has 2 heteroatoms. The molecule has 0 bridgehead atoms. The van der Waals surface area contributed by atoms with Crippen molar-refractivity contribution in [2.75, 3.05) is 7.05 Å². The van der Waals surface area contributed by atoms with Crippen LogP contribution in [0, 0.1) is 5.92 Å². The fourth-order valence-corrected chi connectivity index (χ4v) is 3.59. The highest BCUT2D eigenvalue weighted by molar-refractivity contribution is 7.12. The summed E-state index contributed by atoms with van der Waals surface area (Å²) in [4.78, 5) is 3.03. The zero-order chi connectivity index (χ0) is 12.7. The third-order valence-corrected chi connectivity index (χ3v) is 4.89. The molecule has 2 unspecified atom stereocenters. The molecule has 0 fully saturated rings. The van der Waals surface area contributed by atoms with Gasteiger partial charge in [-0.3, -0.25) is 0 Å². The summed E-state index contributed by atoms with van der Waals surface area (Å²) < 4.78 is 0. The lowest BCUT2D eigenvalue weighted by Crippen LogP contribution is -2.24. The normalized spacial score (nSPS) is 14.8. The van der Waals surface area contributed by atoms with Gasteiger partial charge in [-0.25, -0.2) is 0 Å². The zero-order valence-electron chi connectivity index (χ0n) is 11.8. The van der Waals surface area contributed by atoms with Gasteiger partial charge >= 0.3 is 0 Å². The average Bonchev–Trinajstić information content (AvgIpc) is 2.82. The van der Waals surface area contributed by atoms with Crippen LogP contribution in [0.15, 0.2) is 12.1 Å². The van der Waals surface area contributed by atoms with Crippen LogP contribution in [0.25, 0.3) is 0 Å². The van der Waals surface area contributed by atoms with E-state index in [0.29, 0.717) is 6.04 Å². The minimum absolute atomic E-state index is 0.553. The van der Waals surface area contributed by atoms with Gasteiger partial charge in [0.05, 0.1) is 0 Å². The summed E-state index contributed by atoms with van der Waals surface area (Å²) in [5.74, 6) is 0.781. The molecule has 17 heavy (non-hydrogen) atoms. The number of unbranched alkanes of at least 4 members (excludes halogenated alkanes) is 1. The van der Waals surface area contributed by atoms with E-state index in [4.69, 9.17) is 0 Å². The fraction of sp³-hybridized carbons (Fsp3) is 0.733. The van der Waals surface area contributed by atoms with E-state index in [0.717, 1.165) is 12.3 Å². The van der Waals surface area contributed by atoms with Gasteiger partial charge < -0.3 is 5.32 Å². The fourth-order valence-electron chi connectivity index (χ4n) is 2.43. The van der Waals surface area contributed by atoms with Crippen LogP contribution in [0.3, 0.4) is 0 Å². The Hall–Kier alpha value is -0.340. The van der Waals surface area contributed by atoms with Crippen molar-refractivity contribution >= 4 is 11.3 Å². The van der Waals surface area contributed by atoms with Crippen LogP contribution in [-0.2, 0) is 6.42 Å². The second-order valence-corrected chi connectivity index (χ2v) is 5.93. The van der Waals surface area contributed by atoms with Gasteiger partial charge in [-0.1, -0.05) is 40.0 Å². The van der Waals surface area contributed by atoms with Crippen molar-refractivity contribution in [1.29, 1.82) is 0 Å². The highest BCUT2D eigenvalue weighted by Gasteiger charge is 2.21. The molecule has 0 saturated heterocycles. The van der Waals surface area contributed by atoms with Gasteiger partial charge in [0, 0.05) is 15.8 Å². The van der Waals surface area contributed by atoms with E-state index < -0.39 is 0 Å².